The summed E-state index contributed by atoms with van der Waals surface area (Å²) >= 11 is -1.39. The van der Waals surface area contributed by atoms with Gasteiger partial charge in [-0.25, -0.2) is 4.98 Å². The van der Waals surface area contributed by atoms with E-state index in [4.69, 9.17) is 0 Å². The number of likely N-dealkylation sites (N-methyl/N-ethyl adjacent to an activating group) is 1. The van der Waals surface area contributed by atoms with Crippen molar-refractivity contribution >= 4 is 22.9 Å². The molecule has 0 bridgehead atoms. The molecule has 0 spiro atoms. The molecule has 1 atom stereocenters. The monoisotopic (exact) mass is 416 g/mol. The minimum absolute atomic E-state index is 0.623. The number of allylic oxidation sites excluding steroid dienone is 2. The molecule has 8 heteroatoms. The predicted molar refractivity (Wildman–Crippen MR) is 121 cm³/mol. The third kappa shape index (κ3) is 6.54. The SMILES string of the molecule is CC/C=C\C(=C/CCNc1ccc([S+]([O-])Nc2c(C)nn(C)c2C)cn1)N(C)C. The van der Waals surface area contributed by atoms with Gasteiger partial charge in [0.2, 0.25) is 0 Å². The van der Waals surface area contributed by atoms with Gasteiger partial charge in [0, 0.05) is 39.5 Å². The zero-order valence-corrected chi connectivity index (χ0v) is 19.0. The molecule has 7 nitrogen and oxygen atoms in total. The molecule has 0 fully saturated rings. The highest BCUT2D eigenvalue weighted by atomic mass is 32.2. The predicted octanol–water partition coefficient (Wildman–Crippen LogP) is 3.78. The number of hydrogen-bond acceptors (Lipinski definition) is 6. The van der Waals surface area contributed by atoms with Crippen molar-refractivity contribution in [3.63, 3.8) is 0 Å². The molecule has 0 radical (unpaired) electrons. The summed E-state index contributed by atoms with van der Waals surface area (Å²) in [7, 11) is 5.96. The van der Waals surface area contributed by atoms with E-state index in [1.165, 1.54) is 5.70 Å². The molecule has 0 aliphatic rings. The molecule has 158 valence electrons. The number of aryl methyl sites for hydroxylation is 2. The fourth-order valence-corrected chi connectivity index (χ4v) is 3.66. The normalized spacial score (nSPS) is 13.0. The van der Waals surface area contributed by atoms with E-state index < -0.39 is 11.4 Å². The van der Waals surface area contributed by atoms with Crippen LogP contribution in [0.4, 0.5) is 11.5 Å². The molecule has 2 N–H and O–H groups in total. The zero-order valence-electron chi connectivity index (χ0n) is 18.2. The summed E-state index contributed by atoms with van der Waals surface area (Å²) in [6, 6.07) is 3.68. The summed E-state index contributed by atoms with van der Waals surface area (Å²) in [6.07, 6.45) is 10.0. The maximum Gasteiger partial charge on any atom is 0.198 e. The summed E-state index contributed by atoms with van der Waals surface area (Å²) in [6.45, 7) is 6.74. The first-order chi connectivity index (χ1) is 13.8. The van der Waals surface area contributed by atoms with Crippen molar-refractivity contribution in [3.05, 3.63) is 53.6 Å². The number of rotatable bonds is 10. The lowest BCUT2D eigenvalue weighted by atomic mass is 10.2. The quantitative estimate of drug-likeness (QED) is 0.348. The van der Waals surface area contributed by atoms with Gasteiger partial charge in [-0.05, 0) is 38.8 Å². The maximum atomic E-state index is 12.6. The average Bonchev–Trinajstić information content (AvgIpc) is 2.93. The third-order valence-corrected chi connectivity index (χ3v) is 5.56. The molecule has 1 unspecified atom stereocenters. The fourth-order valence-electron chi connectivity index (χ4n) is 2.73. The van der Waals surface area contributed by atoms with Crippen molar-refractivity contribution in [2.24, 2.45) is 7.05 Å². The number of anilines is 2. The summed E-state index contributed by atoms with van der Waals surface area (Å²) in [5.41, 5.74) is 3.76. The Balaban J connectivity index is 1.90. The van der Waals surface area contributed by atoms with Crippen LogP contribution in [0, 0.1) is 13.8 Å². The molecule has 2 aromatic heterocycles. The first-order valence-corrected chi connectivity index (χ1v) is 10.9. The lowest BCUT2D eigenvalue weighted by Gasteiger charge is -2.14. The Kier molecular flexibility index (Phi) is 8.60. The molecule has 0 saturated carbocycles. The van der Waals surface area contributed by atoms with Crippen LogP contribution in [-0.2, 0) is 18.4 Å². The zero-order chi connectivity index (χ0) is 21.4. The van der Waals surface area contributed by atoms with E-state index in [1.807, 2.05) is 47.1 Å². The Morgan fingerprint density at radius 1 is 1.31 bits per heavy atom. The maximum absolute atomic E-state index is 12.6. The van der Waals surface area contributed by atoms with Crippen LogP contribution in [0.3, 0.4) is 0 Å². The van der Waals surface area contributed by atoms with Crippen molar-refractivity contribution < 1.29 is 4.55 Å². The number of aromatic nitrogens is 3. The third-order valence-electron chi connectivity index (χ3n) is 4.50. The standard InChI is InChI=1S/C21H32N6OS/c1-7-8-10-18(26(4)5)11-9-14-22-20-13-12-19(15-23-20)29(28)25-21-16(2)24-27(6)17(21)3/h8,10-13,15,25H,7,9,14H2,1-6H3,(H,22,23)/b10-8-,18-11+. The number of nitrogens with zero attached hydrogens (tertiary/aromatic N) is 4. The highest BCUT2D eigenvalue weighted by Gasteiger charge is 2.18. The number of pyridine rings is 1. The second-order valence-electron chi connectivity index (χ2n) is 6.97. The van der Waals surface area contributed by atoms with Crippen LogP contribution < -0.4 is 10.0 Å². The van der Waals surface area contributed by atoms with Gasteiger partial charge in [-0.1, -0.05) is 19.1 Å². The smallest absolute Gasteiger partial charge is 0.198 e. The van der Waals surface area contributed by atoms with Gasteiger partial charge < -0.3 is 14.8 Å². The van der Waals surface area contributed by atoms with Crippen molar-refractivity contribution in [2.75, 3.05) is 30.7 Å². The van der Waals surface area contributed by atoms with Crippen molar-refractivity contribution in [2.45, 2.75) is 38.5 Å². The Hall–Kier alpha value is -2.45. The molecule has 0 aliphatic heterocycles. The number of nitrogens with one attached hydrogen (secondary N) is 2. The highest BCUT2D eigenvalue weighted by Crippen LogP contribution is 2.22. The van der Waals surface area contributed by atoms with Gasteiger partial charge in [0.15, 0.2) is 4.90 Å². The summed E-state index contributed by atoms with van der Waals surface area (Å²) in [5.74, 6) is 0.767. The highest BCUT2D eigenvalue weighted by molar-refractivity contribution is 7.92. The second kappa shape index (κ2) is 10.9. The Bertz CT molecular complexity index is 842. The van der Waals surface area contributed by atoms with Gasteiger partial charge >= 0.3 is 0 Å². The van der Waals surface area contributed by atoms with Crippen LogP contribution in [0.1, 0.15) is 31.2 Å². The van der Waals surface area contributed by atoms with Crippen LogP contribution in [0.5, 0.6) is 0 Å². The molecule has 29 heavy (non-hydrogen) atoms. The second-order valence-corrected chi connectivity index (χ2v) is 8.18. The molecule has 2 heterocycles. The van der Waals surface area contributed by atoms with Gasteiger partial charge in [-0.15, -0.1) is 0 Å². The molecule has 0 aromatic carbocycles. The summed E-state index contributed by atoms with van der Waals surface area (Å²) in [5, 5.41) is 7.64. The Labute approximate surface area is 177 Å². The first kappa shape index (κ1) is 22.8. The molecule has 0 saturated heterocycles. The molecule has 2 aromatic rings. The molecular weight excluding hydrogens is 384 g/mol. The lowest BCUT2D eigenvalue weighted by Crippen LogP contribution is -2.15. The van der Waals surface area contributed by atoms with Crippen molar-refractivity contribution in [3.8, 4) is 0 Å². The molecular formula is C21H32N6OS. The van der Waals surface area contributed by atoms with E-state index in [2.05, 4.69) is 50.2 Å². The van der Waals surface area contributed by atoms with Gasteiger partial charge in [0.25, 0.3) is 0 Å². The van der Waals surface area contributed by atoms with E-state index in [-0.39, 0.29) is 0 Å². The minimum atomic E-state index is -1.39. The van der Waals surface area contributed by atoms with E-state index in [0.717, 1.165) is 42.3 Å². The van der Waals surface area contributed by atoms with Crippen molar-refractivity contribution in [1.82, 2.24) is 19.7 Å². The lowest BCUT2D eigenvalue weighted by molar-refractivity contribution is 0.526. The minimum Gasteiger partial charge on any atom is -0.588 e. The van der Waals surface area contributed by atoms with Gasteiger partial charge in [-0.2, -0.15) is 9.82 Å². The van der Waals surface area contributed by atoms with E-state index in [1.54, 1.807) is 10.9 Å². The van der Waals surface area contributed by atoms with Gasteiger partial charge in [-0.3, -0.25) is 4.68 Å². The summed E-state index contributed by atoms with van der Waals surface area (Å²) in [4.78, 5) is 7.11. The molecule has 0 amide bonds. The average molecular weight is 417 g/mol. The molecule has 2 rings (SSSR count). The Morgan fingerprint density at radius 3 is 2.62 bits per heavy atom. The molecule has 0 aliphatic carbocycles. The largest absolute Gasteiger partial charge is 0.588 e. The fraction of sp³-hybridized carbons (Fsp3) is 0.429. The van der Waals surface area contributed by atoms with Crippen LogP contribution in [0.2, 0.25) is 0 Å². The van der Waals surface area contributed by atoms with Gasteiger partial charge in [0.05, 0.1) is 17.6 Å². The van der Waals surface area contributed by atoms with Crippen LogP contribution in [0.25, 0.3) is 0 Å². The van der Waals surface area contributed by atoms with Crippen LogP contribution >= 0.6 is 0 Å². The topological polar surface area (TPSA) is 81.1 Å². The first-order valence-electron chi connectivity index (χ1n) is 9.76. The van der Waals surface area contributed by atoms with Crippen LogP contribution in [0.15, 0.2) is 47.2 Å². The van der Waals surface area contributed by atoms with E-state index in [9.17, 15) is 4.55 Å². The van der Waals surface area contributed by atoms with Crippen molar-refractivity contribution in [1.29, 1.82) is 0 Å². The number of hydrogen-bond donors (Lipinski definition) is 2. The van der Waals surface area contributed by atoms with Gasteiger partial charge in [0.1, 0.15) is 22.9 Å². The van der Waals surface area contributed by atoms with E-state index in [0.29, 0.717) is 4.90 Å². The van der Waals surface area contributed by atoms with E-state index >= 15 is 0 Å². The summed E-state index contributed by atoms with van der Waals surface area (Å²) < 4.78 is 17.4. The van der Waals surface area contributed by atoms with Crippen LogP contribution in [-0.4, -0.2) is 44.9 Å². The Morgan fingerprint density at radius 2 is 2.07 bits per heavy atom.